The van der Waals surface area contributed by atoms with Crippen LogP contribution < -0.4 is 16.1 Å². The molecule has 0 spiro atoms. The molecule has 2 rings (SSSR count). The van der Waals surface area contributed by atoms with Crippen LogP contribution in [-0.4, -0.2) is 54.2 Å². The molecule has 2 heterocycles. The van der Waals surface area contributed by atoms with Crippen molar-refractivity contribution in [1.29, 1.82) is 0 Å². The van der Waals surface area contributed by atoms with Crippen LogP contribution in [0.3, 0.4) is 0 Å². The number of likely N-dealkylation sites (N-methyl/N-ethyl adjacent to an activating group) is 1. The second kappa shape index (κ2) is 5.94. The first kappa shape index (κ1) is 13.7. The van der Waals surface area contributed by atoms with Crippen LogP contribution in [-0.2, 0) is 0 Å². The smallest absolute Gasteiger partial charge is 0.253 e. The van der Waals surface area contributed by atoms with Crippen molar-refractivity contribution in [2.75, 3.05) is 33.2 Å². The van der Waals surface area contributed by atoms with Crippen molar-refractivity contribution in [2.24, 2.45) is 10.7 Å². The summed E-state index contributed by atoms with van der Waals surface area (Å²) < 4.78 is 0. The van der Waals surface area contributed by atoms with E-state index in [2.05, 4.69) is 32.4 Å². The van der Waals surface area contributed by atoms with Gasteiger partial charge in [-0.3, -0.25) is 5.43 Å². The second-order valence-corrected chi connectivity index (χ2v) is 5.00. The van der Waals surface area contributed by atoms with Gasteiger partial charge in [0.05, 0.1) is 33.2 Å². The predicted molar refractivity (Wildman–Crippen MR) is 74.1 cm³/mol. The number of rotatable bonds is 2. The van der Waals surface area contributed by atoms with Crippen LogP contribution in [0.15, 0.2) is 11.1 Å². The number of guanidine groups is 1. The van der Waals surface area contributed by atoms with E-state index < -0.39 is 0 Å². The van der Waals surface area contributed by atoms with Crippen LogP contribution >= 0.6 is 0 Å². The van der Waals surface area contributed by atoms with Gasteiger partial charge in [-0.1, -0.05) is 0 Å². The van der Waals surface area contributed by atoms with E-state index in [1.807, 2.05) is 19.9 Å². The number of hydrogen-bond donors (Lipinski definition) is 3. The van der Waals surface area contributed by atoms with E-state index in [9.17, 15) is 0 Å². The fourth-order valence-electron chi connectivity index (χ4n) is 2.05. The highest BCUT2D eigenvalue weighted by Crippen LogP contribution is 2.06. The molecule has 1 saturated heterocycles. The molecule has 4 N–H and O–H groups in total. The average Bonchev–Trinajstić information content (AvgIpc) is 2.30. The van der Waals surface area contributed by atoms with E-state index >= 15 is 0 Å². The summed E-state index contributed by atoms with van der Waals surface area (Å²) in [6.45, 7) is 7.94. The summed E-state index contributed by atoms with van der Waals surface area (Å²) in [5.41, 5.74) is 10.8. The Morgan fingerprint density at radius 1 is 1.32 bits per heavy atom. The van der Waals surface area contributed by atoms with E-state index in [4.69, 9.17) is 5.73 Å². The molecule has 7 nitrogen and oxygen atoms in total. The van der Waals surface area contributed by atoms with Gasteiger partial charge in [0, 0.05) is 11.4 Å². The summed E-state index contributed by atoms with van der Waals surface area (Å²) in [6, 6.07) is 1.91. The lowest BCUT2D eigenvalue weighted by atomic mass is 10.4. The third kappa shape index (κ3) is 4.15. The monoisotopic (exact) mass is 264 g/mol. The lowest BCUT2D eigenvalue weighted by molar-refractivity contribution is -0.884. The van der Waals surface area contributed by atoms with Crippen LogP contribution in [0.2, 0.25) is 0 Å². The van der Waals surface area contributed by atoms with Crippen molar-refractivity contribution in [1.82, 2.24) is 20.4 Å². The Labute approximate surface area is 113 Å². The van der Waals surface area contributed by atoms with Crippen LogP contribution in [0.4, 0.5) is 5.95 Å². The van der Waals surface area contributed by atoms with Crippen molar-refractivity contribution in [3.63, 3.8) is 0 Å². The van der Waals surface area contributed by atoms with Gasteiger partial charge in [0.1, 0.15) is 0 Å². The van der Waals surface area contributed by atoms with E-state index in [-0.39, 0.29) is 0 Å². The van der Waals surface area contributed by atoms with E-state index in [1.165, 1.54) is 4.90 Å². The van der Waals surface area contributed by atoms with Crippen molar-refractivity contribution in [3.05, 3.63) is 17.5 Å². The molecule has 0 atom stereocenters. The van der Waals surface area contributed by atoms with Gasteiger partial charge in [-0.25, -0.2) is 15.0 Å². The maximum absolute atomic E-state index is 5.88. The van der Waals surface area contributed by atoms with Crippen molar-refractivity contribution < 1.29 is 4.90 Å². The Hall–Kier alpha value is -1.73. The summed E-state index contributed by atoms with van der Waals surface area (Å²) in [5.74, 6) is 0.742. The predicted octanol–water partition coefficient (Wildman–Crippen LogP) is -1.63. The van der Waals surface area contributed by atoms with Gasteiger partial charge in [0.25, 0.3) is 5.95 Å². The zero-order valence-electron chi connectivity index (χ0n) is 11.8. The molecule has 1 fully saturated rings. The highest BCUT2D eigenvalue weighted by Gasteiger charge is 2.16. The average molecular weight is 264 g/mol. The normalized spacial score (nSPS) is 18.6. The molecular weight excluding hydrogens is 242 g/mol. The fourth-order valence-corrected chi connectivity index (χ4v) is 2.05. The van der Waals surface area contributed by atoms with Gasteiger partial charge >= 0.3 is 0 Å². The number of nitrogens with two attached hydrogens (primary N) is 1. The third-order valence-corrected chi connectivity index (χ3v) is 3.08. The summed E-state index contributed by atoms with van der Waals surface area (Å²) in [7, 11) is 2.19. The topological polar surface area (TPSA) is 83.9 Å². The lowest BCUT2D eigenvalue weighted by Crippen LogP contribution is -3.12. The fraction of sp³-hybridized carbons (Fsp3) is 0.583. The number of aromatic nitrogens is 2. The zero-order chi connectivity index (χ0) is 13.8. The molecule has 7 heteroatoms. The molecule has 1 aromatic heterocycles. The van der Waals surface area contributed by atoms with E-state index in [0.29, 0.717) is 11.9 Å². The zero-order valence-corrected chi connectivity index (χ0v) is 11.8. The Balaban J connectivity index is 1.98. The maximum atomic E-state index is 5.88. The molecule has 19 heavy (non-hydrogen) atoms. The number of nitrogens with zero attached hydrogens (tertiary/aromatic N) is 4. The highest BCUT2D eigenvalue weighted by molar-refractivity contribution is 5.79. The SMILES string of the molecule is Cc1cc(C)nc(N=C(N)NN2CC[NH+](C)CC2)n1. The first-order chi connectivity index (χ1) is 9.02. The molecule has 0 amide bonds. The van der Waals surface area contributed by atoms with E-state index in [0.717, 1.165) is 37.6 Å². The van der Waals surface area contributed by atoms with Gasteiger partial charge in [0.2, 0.25) is 5.96 Å². The Bertz CT molecular complexity index is 443. The summed E-state index contributed by atoms with van der Waals surface area (Å²) in [6.07, 6.45) is 0. The first-order valence-electron chi connectivity index (χ1n) is 6.52. The molecule has 0 aromatic carbocycles. The highest BCUT2D eigenvalue weighted by atomic mass is 15.6. The molecular formula is C12H22N7+. The van der Waals surface area contributed by atoms with Crippen LogP contribution in [0, 0.1) is 13.8 Å². The molecule has 1 aliphatic rings. The third-order valence-electron chi connectivity index (χ3n) is 3.08. The van der Waals surface area contributed by atoms with Crippen LogP contribution in [0.5, 0.6) is 0 Å². The molecule has 104 valence electrons. The second-order valence-electron chi connectivity index (χ2n) is 5.00. The number of hydrogen-bond acceptors (Lipinski definition) is 4. The molecule has 0 aliphatic carbocycles. The molecule has 1 aromatic rings. The molecule has 0 unspecified atom stereocenters. The Morgan fingerprint density at radius 3 is 2.47 bits per heavy atom. The minimum Gasteiger partial charge on any atom is -0.368 e. The van der Waals surface area contributed by atoms with Crippen molar-refractivity contribution in [2.45, 2.75) is 13.8 Å². The Kier molecular flexibility index (Phi) is 4.28. The minimum absolute atomic E-state index is 0.338. The standard InChI is InChI=1S/C12H21N7/c1-9-8-10(2)15-12(14-9)16-11(13)17-19-6-4-18(3)5-7-19/h8H,4-7H2,1-3H3,(H3,13,14,15,16,17)/p+1. The number of nitrogens with one attached hydrogen (secondary N) is 2. The molecule has 0 bridgehead atoms. The number of quaternary nitrogens is 1. The number of piperazine rings is 1. The van der Waals surface area contributed by atoms with Crippen LogP contribution in [0.25, 0.3) is 0 Å². The summed E-state index contributed by atoms with van der Waals surface area (Å²) in [5, 5.41) is 2.08. The van der Waals surface area contributed by atoms with Crippen molar-refractivity contribution in [3.8, 4) is 0 Å². The lowest BCUT2D eigenvalue weighted by Gasteiger charge is -2.30. The quantitative estimate of drug-likeness (QED) is 0.441. The summed E-state index contributed by atoms with van der Waals surface area (Å²) >= 11 is 0. The first-order valence-corrected chi connectivity index (χ1v) is 6.52. The van der Waals surface area contributed by atoms with Gasteiger partial charge < -0.3 is 10.6 Å². The van der Waals surface area contributed by atoms with Gasteiger partial charge in [-0.05, 0) is 19.9 Å². The molecule has 0 radical (unpaired) electrons. The van der Waals surface area contributed by atoms with Gasteiger partial charge in [0.15, 0.2) is 0 Å². The van der Waals surface area contributed by atoms with Crippen LogP contribution in [0.1, 0.15) is 11.4 Å². The largest absolute Gasteiger partial charge is 0.368 e. The molecule has 1 aliphatic heterocycles. The number of aryl methyl sites for hydroxylation is 2. The molecule has 0 saturated carbocycles. The number of aliphatic imine (C=N–C) groups is 1. The van der Waals surface area contributed by atoms with Gasteiger partial charge in [-0.15, -0.1) is 0 Å². The minimum atomic E-state index is 0.338. The Morgan fingerprint density at radius 2 is 1.89 bits per heavy atom. The van der Waals surface area contributed by atoms with E-state index in [1.54, 1.807) is 0 Å². The maximum Gasteiger partial charge on any atom is 0.253 e. The van der Waals surface area contributed by atoms with Gasteiger partial charge in [-0.2, -0.15) is 4.99 Å². The number of hydrazine groups is 1. The summed E-state index contributed by atoms with van der Waals surface area (Å²) in [4.78, 5) is 14.2. The van der Waals surface area contributed by atoms with Crippen molar-refractivity contribution >= 4 is 11.9 Å².